The lowest BCUT2D eigenvalue weighted by Crippen LogP contribution is -2.52. The molecule has 0 bridgehead atoms. The quantitative estimate of drug-likeness (QED) is 0.715. The lowest BCUT2D eigenvalue weighted by Gasteiger charge is -2.30. The molecule has 1 heterocycles. The molecule has 4 heteroatoms. The van der Waals surface area contributed by atoms with E-state index in [0.717, 1.165) is 32.2 Å². The molecule has 1 unspecified atom stereocenters. The van der Waals surface area contributed by atoms with Crippen LogP contribution < -0.4 is 5.73 Å². The minimum absolute atomic E-state index is 0.0305. The molecule has 1 saturated heterocycles. The average molecular weight is 214 g/mol. The van der Waals surface area contributed by atoms with Crippen LogP contribution in [0.1, 0.15) is 39.5 Å². The van der Waals surface area contributed by atoms with E-state index in [1.54, 1.807) is 13.8 Å². The minimum atomic E-state index is -0.776. The summed E-state index contributed by atoms with van der Waals surface area (Å²) in [5, 5.41) is 8.78. The molecule has 1 fully saturated rings. The van der Waals surface area contributed by atoms with Crippen molar-refractivity contribution in [1.29, 1.82) is 0 Å². The number of amides is 1. The van der Waals surface area contributed by atoms with Gasteiger partial charge in [-0.05, 0) is 39.5 Å². The van der Waals surface area contributed by atoms with Gasteiger partial charge in [-0.25, -0.2) is 0 Å². The molecule has 0 aromatic rings. The second-order valence-electron chi connectivity index (χ2n) is 4.88. The van der Waals surface area contributed by atoms with Crippen molar-refractivity contribution in [3.63, 3.8) is 0 Å². The van der Waals surface area contributed by atoms with Crippen molar-refractivity contribution in [3.05, 3.63) is 0 Å². The molecule has 1 atom stereocenters. The zero-order chi connectivity index (χ0) is 11.5. The maximum Gasteiger partial charge on any atom is 0.242 e. The Balaban J connectivity index is 2.56. The van der Waals surface area contributed by atoms with Crippen molar-refractivity contribution in [2.75, 3.05) is 13.2 Å². The van der Waals surface area contributed by atoms with Gasteiger partial charge in [0.25, 0.3) is 0 Å². The molecule has 0 aromatic heterocycles. The Morgan fingerprint density at radius 3 is 2.80 bits per heavy atom. The van der Waals surface area contributed by atoms with Gasteiger partial charge in [0.15, 0.2) is 0 Å². The van der Waals surface area contributed by atoms with Gasteiger partial charge in [0.2, 0.25) is 5.91 Å². The van der Waals surface area contributed by atoms with Gasteiger partial charge in [-0.1, -0.05) is 0 Å². The third kappa shape index (κ3) is 3.18. The highest BCUT2D eigenvalue weighted by Gasteiger charge is 2.34. The Morgan fingerprint density at radius 2 is 2.27 bits per heavy atom. The molecule has 0 saturated carbocycles. The van der Waals surface area contributed by atoms with Gasteiger partial charge in [0.05, 0.1) is 5.54 Å². The Labute approximate surface area is 91.4 Å². The number of hydrogen-bond acceptors (Lipinski definition) is 3. The van der Waals surface area contributed by atoms with Crippen molar-refractivity contribution >= 4 is 5.91 Å². The van der Waals surface area contributed by atoms with Gasteiger partial charge >= 0.3 is 0 Å². The van der Waals surface area contributed by atoms with E-state index in [1.807, 2.05) is 4.90 Å². The normalized spacial score (nSPS) is 22.1. The van der Waals surface area contributed by atoms with Gasteiger partial charge < -0.3 is 15.7 Å². The fourth-order valence-electron chi connectivity index (χ4n) is 2.10. The van der Waals surface area contributed by atoms with Gasteiger partial charge in [0.1, 0.15) is 0 Å². The number of carbonyl (C=O) groups is 1. The molecule has 4 nitrogen and oxygen atoms in total. The third-order valence-corrected chi connectivity index (χ3v) is 2.88. The average Bonchev–Trinajstić information content (AvgIpc) is 2.59. The highest BCUT2D eigenvalue weighted by Crippen LogP contribution is 2.23. The second kappa shape index (κ2) is 4.94. The molecular weight excluding hydrogens is 192 g/mol. The predicted octanol–water partition coefficient (Wildman–Crippen LogP) is 0.487. The summed E-state index contributed by atoms with van der Waals surface area (Å²) in [6.07, 6.45) is 3.75. The standard InChI is InChI=1S/C11H22N2O2/c1-11(2,12)10(15)13-7-3-5-9(13)6-4-8-14/h9,14H,3-8,12H2,1-2H3. The molecular formula is C11H22N2O2. The molecule has 0 spiro atoms. The Kier molecular flexibility index (Phi) is 4.11. The number of likely N-dealkylation sites (tertiary alicyclic amines) is 1. The molecule has 1 amide bonds. The number of aliphatic hydroxyl groups excluding tert-OH is 1. The van der Waals surface area contributed by atoms with E-state index in [4.69, 9.17) is 10.8 Å². The summed E-state index contributed by atoms with van der Waals surface area (Å²) >= 11 is 0. The molecule has 3 N–H and O–H groups in total. The summed E-state index contributed by atoms with van der Waals surface area (Å²) in [5.74, 6) is 0.0305. The maximum absolute atomic E-state index is 12.0. The van der Waals surface area contributed by atoms with Gasteiger partial charge in [-0.3, -0.25) is 4.79 Å². The summed E-state index contributed by atoms with van der Waals surface area (Å²) in [6, 6.07) is 0.285. The minimum Gasteiger partial charge on any atom is -0.396 e. The van der Waals surface area contributed by atoms with Crippen LogP contribution in [0.3, 0.4) is 0 Å². The van der Waals surface area contributed by atoms with Crippen molar-refractivity contribution < 1.29 is 9.90 Å². The molecule has 0 aliphatic carbocycles. The topological polar surface area (TPSA) is 66.6 Å². The van der Waals surface area contributed by atoms with E-state index >= 15 is 0 Å². The largest absolute Gasteiger partial charge is 0.396 e. The first-order valence-corrected chi connectivity index (χ1v) is 5.67. The molecule has 1 aliphatic heterocycles. The fourth-order valence-corrected chi connectivity index (χ4v) is 2.10. The summed E-state index contributed by atoms with van der Waals surface area (Å²) in [4.78, 5) is 13.9. The van der Waals surface area contributed by atoms with E-state index < -0.39 is 5.54 Å². The molecule has 1 aliphatic rings. The van der Waals surface area contributed by atoms with E-state index in [9.17, 15) is 4.79 Å². The fraction of sp³-hybridized carbons (Fsp3) is 0.909. The monoisotopic (exact) mass is 214 g/mol. The number of hydrogen-bond donors (Lipinski definition) is 2. The predicted molar refractivity (Wildman–Crippen MR) is 59.3 cm³/mol. The van der Waals surface area contributed by atoms with Crippen molar-refractivity contribution in [3.8, 4) is 0 Å². The molecule has 88 valence electrons. The van der Waals surface area contributed by atoms with E-state index in [-0.39, 0.29) is 18.6 Å². The van der Waals surface area contributed by atoms with Crippen LogP contribution in [-0.4, -0.2) is 40.6 Å². The summed E-state index contributed by atoms with van der Waals surface area (Å²) in [5.41, 5.74) is 5.03. The summed E-state index contributed by atoms with van der Waals surface area (Å²) in [6.45, 7) is 4.51. The molecule has 0 radical (unpaired) electrons. The number of nitrogens with zero attached hydrogens (tertiary/aromatic N) is 1. The first-order chi connectivity index (χ1) is 6.96. The Hall–Kier alpha value is -0.610. The van der Waals surface area contributed by atoms with Gasteiger partial charge in [0, 0.05) is 19.2 Å². The molecule has 0 aromatic carbocycles. The van der Waals surface area contributed by atoms with Crippen LogP contribution in [0.25, 0.3) is 0 Å². The highest BCUT2D eigenvalue weighted by atomic mass is 16.3. The Morgan fingerprint density at radius 1 is 1.60 bits per heavy atom. The van der Waals surface area contributed by atoms with Crippen molar-refractivity contribution in [2.45, 2.75) is 51.1 Å². The number of aliphatic hydroxyl groups is 1. The van der Waals surface area contributed by atoms with Crippen molar-refractivity contribution in [2.24, 2.45) is 5.73 Å². The van der Waals surface area contributed by atoms with Crippen LogP contribution in [0.4, 0.5) is 0 Å². The van der Waals surface area contributed by atoms with Crippen LogP contribution in [-0.2, 0) is 4.79 Å². The number of nitrogens with two attached hydrogens (primary N) is 1. The summed E-state index contributed by atoms with van der Waals surface area (Å²) < 4.78 is 0. The molecule has 1 rings (SSSR count). The van der Waals surface area contributed by atoms with Crippen LogP contribution in [0.15, 0.2) is 0 Å². The van der Waals surface area contributed by atoms with Crippen LogP contribution >= 0.6 is 0 Å². The number of rotatable bonds is 4. The van der Waals surface area contributed by atoms with E-state index in [2.05, 4.69) is 0 Å². The second-order valence-corrected chi connectivity index (χ2v) is 4.88. The van der Waals surface area contributed by atoms with Crippen LogP contribution in [0.5, 0.6) is 0 Å². The lowest BCUT2D eigenvalue weighted by molar-refractivity contribution is -0.136. The van der Waals surface area contributed by atoms with Crippen LogP contribution in [0, 0.1) is 0 Å². The summed E-state index contributed by atoms with van der Waals surface area (Å²) in [7, 11) is 0. The van der Waals surface area contributed by atoms with Gasteiger partial charge in [-0.2, -0.15) is 0 Å². The zero-order valence-electron chi connectivity index (χ0n) is 9.70. The Bertz CT molecular complexity index is 223. The van der Waals surface area contributed by atoms with Crippen molar-refractivity contribution in [1.82, 2.24) is 4.90 Å². The van der Waals surface area contributed by atoms with E-state index in [0.29, 0.717) is 0 Å². The smallest absolute Gasteiger partial charge is 0.242 e. The first-order valence-electron chi connectivity index (χ1n) is 5.67. The lowest BCUT2D eigenvalue weighted by atomic mass is 10.0. The molecule has 15 heavy (non-hydrogen) atoms. The number of carbonyl (C=O) groups excluding carboxylic acids is 1. The first kappa shape index (κ1) is 12.5. The van der Waals surface area contributed by atoms with E-state index in [1.165, 1.54) is 0 Å². The highest BCUT2D eigenvalue weighted by molar-refractivity contribution is 5.85. The third-order valence-electron chi connectivity index (χ3n) is 2.88. The zero-order valence-corrected chi connectivity index (χ0v) is 9.70. The van der Waals surface area contributed by atoms with Gasteiger partial charge in [-0.15, -0.1) is 0 Å². The SMILES string of the molecule is CC(C)(N)C(=O)N1CCCC1CCCO. The van der Waals surface area contributed by atoms with Crippen LogP contribution in [0.2, 0.25) is 0 Å². The maximum atomic E-state index is 12.0.